The van der Waals surface area contributed by atoms with Gasteiger partial charge < -0.3 is 19.5 Å². The average Bonchev–Trinajstić information content (AvgIpc) is 3.14. The lowest BCUT2D eigenvalue weighted by Crippen LogP contribution is -2.27. The highest BCUT2D eigenvalue weighted by molar-refractivity contribution is 6.35. The lowest BCUT2D eigenvalue weighted by molar-refractivity contribution is -0.123. The molecule has 0 atom stereocenters. The number of hydrogen-bond acceptors (Lipinski definition) is 9. The molecule has 15 heteroatoms. The Balaban J connectivity index is 0.000000187. The number of aromatic nitrogens is 4. The minimum absolute atomic E-state index is 0.0966. The van der Waals surface area contributed by atoms with Crippen molar-refractivity contribution in [1.29, 1.82) is 0 Å². The average molecular weight is 748 g/mol. The summed E-state index contributed by atoms with van der Waals surface area (Å²) in [5, 5.41) is 20.8. The molecule has 0 unspecified atom stereocenters. The van der Waals surface area contributed by atoms with Crippen LogP contribution in [0.5, 0.6) is 11.5 Å². The summed E-state index contributed by atoms with van der Waals surface area (Å²) in [6.07, 6.45) is 2.10. The van der Waals surface area contributed by atoms with E-state index in [1.807, 2.05) is 0 Å². The van der Waals surface area contributed by atoms with E-state index >= 15 is 0 Å². The molecule has 1 fully saturated rings. The summed E-state index contributed by atoms with van der Waals surface area (Å²) < 4.78 is 35.4. The predicted octanol–water partition coefficient (Wildman–Crippen LogP) is 6.88. The molecule has 3 aromatic heterocycles. The van der Waals surface area contributed by atoms with Crippen LogP contribution in [0.3, 0.4) is 0 Å². The quantitative estimate of drug-likeness (QED) is 0.0851. The normalized spacial score (nSPS) is 12.9. The first-order valence-electron chi connectivity index (χ1n) is 15.5. The molecule has 11 nitrogen and oxygen atoms in total. The summed E-state index contributed by atoms with van der Waals surface area (Å²) in [6, 6.07) is 16.5. The molecular weight excluding hydrogens is 721 g/mol. The fraction of sp³-hybridized carbons (Fsp3) is 0.135. The van der Waals surface area contributed by atoms with Crippen molar-refractivity contribution >= 4 is 62.6 Å². The van der Waals surface area contributed by atoms with E-state index in [1.54, 1.807) is 54.6 Å². The van der Waals surface area contributed by atoms with E-state index in [0.717, 1.165) is 12.1 Å². The summed E-state index contributed by atoms with van der Waals surface area (Å²) in [5.41, 5.74) is -1.44. The number of aryl methyl sites for hydroxylation is 1. The summed E-state index contributed by atoms with van der Waals surface area (Å²) in [4.78, 5) is 58.6. The van der Waals surface area contributed by atoms with Crippen molar-refractivity contribution < 1.29 is 33.3 Å². The number of carbonyl (C=O) groups is 2. The van der Waals surface area contributed by atoms with Crippen molar-refractivity contribution in [3.05, 3.63) is 127 Å². The van der Waals surface area contributed by atoms with Gasteiger partial charge >= 0.3 is 0 Å². The van der Waals surface area contributed by atoms with Crippen molar-refractivity contribution in [2.75, 3.05) is 7.11 Å². The summed E-state index contributed by atoms with van der Waals surface area (Å²) >= 11 is 12.1. The number of methoxy groups -OCH3 is 1. The Hall–Kier alpha value is -5.92. The second kappa shape index (κ2) is 14.4. The highest BCUT2D eigenvalue weighted by atomic mass is 35.5. The zero-order chi connectivity index (χ0) is 37.4. The number of halogens is 4. The van der Waals surface area contributed by atoms with Gasteiger partial charge in [0.15, 0.2) is 28.8 Å². The van der Waals surface area contributed by atoms with Crippen LogP contribution in [-0.2, 0) is 16.6 Å². The molecule has 52 heavy (non-hydrogen) atoms. The van der Waals surface area contributed by atoms with Crippen LogP contribution >= 0.6 is 23.2 Å². The molecule has 264 valence electrons. The highest BCUT2D eigenvalue weighted by Crippen LogP contribution is 2.38. The van der Waals surface area contributed by atoms with Crippen LogP contribution < -0.4 is 15.9 Å². The zero-order valence-electron chi connectivity index (χ0n) is 27.3. The van der Waals surface area contributed by atoms with E-state index in [-0.39, 0.29) is 34.5 Å². The monoisotopic (exact) mass is 746 g/mol. The second-order valence-corrected chi connectivity index (χ2v) is 12.3. The van der Waals surface area contributed by atoms with Crippen molar-refractivity contribution in [3.8, 4) is 28.3 Å². The van der Waals surface area contributed by atoms with Crippen LogP contribution in [0, 0.1) is 11.6 Å². The molecule has 0 amide bonds. The molecule has 1 aliphatic rings. The zero-order valence-corrected chi connectivity index (χ0v) is 28.8. The largest absolute Gasteiger partial charge is 0.505 e. The third-order valence-corrected chi connectivity index (χ3v) is 9.09. The fourth-order valence-corrected chi connectivity index (χ4v) is 6.30. The number of rotatable bonds is 4. The van der Waals surface area contributed by atoms with Gasteiger partial charge in [-0.3, -0.25) is 28.7 Å². The molecule has 1 aliphatic carbocycles. The van der Waals surface area contributed by atoms with E-state index < -0.39 is 67.7 Å². The molecule has 2 N–H and O–H groups in total. The first-order valence-corrected chi connectivity index (χ1v) is 16.3. The molecule has 0 radical (unpaired) electrons. The Kier molecular flexibility index (Phi) is 9.92. The number of Topliss-reactive ketones (excluding diaryl/α,β-unsaturated/α-hetero) is 2. The number of nitrogens with zero attached hydrogens (tertiary/aromatic N) is 4. The van der Waals surface area contributed by atoms with Gasteiger partial charge in [0.2, 0.25) is 0 Å². The van der Waals surface area contributed by atoms with Gasteiger partial charge in [-0.05, 0) is 67.1 Å². The van der Waals surface area contributed by atoms with Crippen molar-refractivity contribution in [3.63, 3.8) is 0 Å². The van der Waals surface area contributed by atoms with Crippen LogP contribution in [0.1, 0.15) is 25.0 Å². The molecule has 3 heterocycles. The number of benzene rings is 3. The Morgan fingerprint density at radius 3 is 2.15 bits per heavy atom. The fourth-order valence-electron chi connectivity index (χ4n) is 5.84. The molecule has 1 saturated carbocycles. The van der Waals surface area contributed by atoms with Gasteiger partial charge in [0.05, 0.1) is 33.8 Å². The smallest absolute Gasteiger partial charge is 0.285 e. The van der Waals surface area contributed by atoms with Crippen molar-refractivity contribution in [2.45, 2.75) is 19.3 Å². The maximum absolute atomic E-state index is 14.1. The number of allylic oxidation sites excluding steroid dienone is 1. The summed E-state index contributed by atoms with van der Waals surface area (Å²) in [7, 11) is 2.98. The number of aliphatic hydroxyl groups excluding tert-OH is 1. The Labute approximate surface area is 302 Å². The maximum Gasteiger partial charge on any atom is 0.285 e. The van der Waals surface area contributed by atoms with Gasteiger partial charge in [0, 0.05) is 37.3 Å². The van der Waals surface area contributed by atoms with E-state index in [1.165, 1.54) is 29.5 Å². The number of fused-ring (bicyclic) bond motifs is 2. The van der Waals surface area contributed by atoms with Crippen LogP contribution in [0.2, 0.25) is 10.0 Å². The van der Waals surface area contributed by atoms with E-state index in [4.69, 9.17) is 27.9 Å². The SMILES string of the molecule is COc1ccc(-n2c(=O)c(C(O)=C3C(=O)CCCC3=O)nc3c(Cl)cccc32)cc1.Cn1c(=O)c(-c2c(F)ccc(F)c2Cl)c(O)c2ncccc21. The van der Waals surface area contributed by atoms with Gasteiger partial charge in [-0.15, -0.1) is 0 Å². The van der Waals surface area contributed by atoms with Crippen molar-refractivity contribution in [2.24, 2.45) is 7.05 Å². The van der Waals surface area contributed by atoms with Crippen LogP contribution in [0.25, 0.3) is 44.6 Å². The third kappa shape index (κ3) is 6.29. The molecule has 0 aliphatic heterocycles. The molecule has 0 saturated heterocycles. The Morgan fingerprint density at radius 1 is 0.827 bits per heavy atom. The standard InChI is InChI=1S/C22H17ClN2O5.C15H9ClF2N2O2/c1-30-13-10-8-12(9-11-13)25-15-5-2-4-14(23)19(15)24-20(22(25)29)21(28)18-16(26)6-3-7-17(18)27;1-20-9-3-2-6-19-13(9)14(21)11(15(20)22)10-7(17)4-5-8(18)12(10)16/h2,4-5,8-11,28H,3,6-7H2,1H3;2-6,21H,1H3. The van der Waals surface area contributed by atoms with Gasteiger partial charge in [0.1, 0.15) is 34.0 Å². The van der Waals surface area contributed by atoms with E-state index in [9.17, 15) is 38.2 Å². The molecular formula is C37H26Cl2F2N4O7. The van der Waals surface area contributed by atoms with E-state index in [0.29, 0.717) is 28.9 Å². The van der Waals surface area contributed by atoms with Crippen LogP contribution in [-0.4, -0.2) is 48.0 Å². The Bertz CT molecular complexity index is 2590. The number of hydrogen-bond donors (Lipinski definition) is 2. The first kappa shape index (κ1) is 35.9. The molecule has 0 spiro atoms. The minimum Gasteiger partial charge on any atom is -0.505 e. The number of ketones is 2. The van der Waals surface area contributed by atoms with Gasteiger partial charge in [-0.2, -0.15) is 0 Å². The van der Waals surface area contributed by atoms with Gasteiger partial charge in [0.25, 0.3) is 11.1 Å². The first-order chi connectivity index (χ1) is 24.8. The molecule has 7 rings (SSSR count). The number of aliphatic hydroxyl groups is 1. The number of ether oxygens (including phenoxy) is 1. The third-order valence-electron chi connectivity index (χ3n) is 8.41. The number of aromatic hydroxyl groups is 1. The number of pyridine rings is 2. The maximum atomic E-state index is 14.1. The van der Waals surface area contributed by atoms with E-state index in [2.05, 4.69) is 9.97 Å². The number of para-hydroxylation sites is 1. The lowest BCUT2D eigenvalue weighted by atomic mass is 9.90. The molecule has 0 bridgehead atoms. The van der Waals surface area contributed by atoms with Gasteiger partial charge in [-0.25, -0.2) is 13.8 Å². The lowest BCUT2D eigenvalue weighted by Gasteiger charge is -2.16. The predicted molar refractivity (Wildman–Crippen MR) is 191 cm³/mol. The summed E-state index contributed by atoms with van der Waals surface area (Å²) in [5.74, 6) is -3.44. The van der Waals surface area contributed by atoms with Crippen LogP contribution in [0.15, 0.2) is 88.1 Å². The van der Waals surface area contributed by atoms with Crippen LogP contribution in [0.4, 0.5) is 8.78 Å². The number of carbonyl (C=O) groups excluding carboxylic acids is 2. The Morgan fingerprint density at radius 2 is 1.48 bits per heavy atom. The molecule has 6 aromatic rings. The summed E-state index contributed by atoms with van der Waals surface area (Å²) in [6.45, 7) is 0. The minimum atomic E-state index is -0.908. The highest BCUT2D eigenvalue weighted by Gasteiger charge is 2.30. The van der Waals surface area contributed by atoms with Crippen molar-refractivity contribution in [1.82, 2.24) is 19.1 Å². The van der Waals surface area contributed by atoms with Gasteiger partial charge in [-0.1, -0.05) is 29.3 Å². The topological polar surface area (TPSA) is 154 Å². The second-order valence-electron chi connectivity index (χ2n) is 11.5. The molecule has 3 aromatic carbocycles.